The molecule has 1 aromatic carbocycles. The van der Waals surface area contributed by atoms with Gasteiger partial charge in [-0.05, 0) is 38.5 Å². The van der Waals surface area contributed by atoms with Crippen molar-refractivity contribution < 1.29 is 17.9 Å². The Morgan fingerprint density at radius 1 is 1.24 bits per heavy atom. The molecule has 0 radical (unpaired) electrons. The summed E-state index contributed by atoms with van der Waals surface area (Å²) < 4.78 is 31.9. The zero-order valence-electron chi connectivity index (χ0n) is 12.0. The van der Waals surface area contributed by atoms with Crippen LogP contribution >= 0.6 is 0 Å². The summed E-state index contributed by atoms with van der Waals surface area (Å²) in [5.74, 6) is 1.39. The molecule has 1 aromatic heterocycles. The first kappa shape index (κ1) is 15.8. The van der Waals surface area contributed by atoms with E-state index >= 15 is 0 Å². The van der Waals surface area contributed by atoms with Gasteiger partial charge < -0.3 is 9.52 Å². The summed E-state index contributed by atoms with van der Waals surface area (Å²) in [5, 5.41) is 10.1. The van der Waals surface area contributed by atoms with E-state index in [0.29, 0.717) is 11.3 Å². The summed E-state index contributed by atoms with van der Waals surface area (Å²) >= 11 is 0. The fourth-order valence-corrected chi connectivity index (χ4v) is 3.22. The Morgan fingerprint density at radius 2 is 1.90 bits per heavy atom. The van der Waals surface area contributed by atoms with Crippen molar-refractivity contribution in [2.45, 2.75) is 31.3 Å². The van der Waals surface area contributed by atoms with E-state index in [-0.39, 0.29) is 17.9 Å². The van der Waals surface area contributed by atoms with E-state index in [1.807, 2.05) is 0 Å². The molecule has 6 heteroatoms. The first-order chi connectivity index (χ1) is 9.90. The summed E-state index contributed by atoms with van der Waals surface area (Å²) in [6, 6.07) is 9.92. The lowest BCUT2D eigenvalue weighted by molar-refractivity contribution is 0.167. The van der Waals surface area contributed by atoms with E-state index in [2.05, 4.69) is 4.72 Å². The molecule has 1 heterocycles. The van der Waals surface area contributed by atoms with Crippen LogP contribution in [0.5, 0.6) is 0 Å². The molecule has 2 aromatic rings. The fraction of sp³-hybridized carbons (Fsp3) is 0.333. The Kier molecular flexibility index (Phi) is 4.82. The lowest BCUT2D eigenvalue weighted by Crippen LogP contribution is -2.25. The van der Waals surface area contributed by atoms with Crippen LogP contribution in [-0.4, -0.2) is 20.1 Å². The van der Waals surface area contributed by atoms with Gasteiger partial charge in [-0.3, -0.25) is 0 Å². The van der Waals surface area contributed by atoms with Gasteiger partial charge in [-0.1, -0.05) is 18.2 Å². The maximum absolute atomic E-state index is 12.0. The van der Waals surface area contributed by atoms with E-state index < -0.39 is 16.1 Å². The number of hydrogen-bond acceptors (Lipinski definition) is 4. The average Bonchev–Trinajstić information content (AvgIpc) is 2.78. The molecule has 5 nitrogen and oxygen atoms in total. The number of rotatable bonds is 6. The second-order valence-corrected chi connectivity index (χ2v) is 6.65. The zero-order valence-corrected chi connectivity index (χ0v) is 12.9. The van der Waals surface area contributed by atoms with Gasteiger partial charge in [0, 0.05) is 12.1 Å². The van der Waals surface area contributed by atoms with Crippen molar-refractivity contribution in [3.05, 3.63) is 53.5 Å². The maximum atomic E-state index is 12.0. The Bertz CT molecular complexity index is 692. The Labute approximate surface area is 124 Å². The van der Waals surface area contributed by atoms with Gasteiger partial charge in [-0.25, -0.2) is 13.1 Å². The van der Waals surface area contributed by atoms with E-state index in [9.17, 15) is 13.5 Å². The van der Waals surface area contributed by atoms with Crippen LogP contribution in [0.25, 0.3) is 0 Å². The van der Waals surface area contributed by atoms with Crippen molar-refractivity contribution in [2.24, 2.45) is 0 Å². The maximum Gasteiger partial charge on any atom is 0.240 e. The van der Waals surface area contributed by atoms with Crippen molar-refractivity contribution in [1.29, 1.82) is 0 Å². The van der Waals surface area contributed by atoms with Gasteiger partial charge in [-0.2, -0.15) is 0 Å². The van der Waals surface area contributed by atoms with Crippen LogP contribution in [0.15, 0.2) is 45.7 Å². The Balaban J connectivity index is 1.94. The SMILES string of the molecule is Cc1cc(C(O)CCNS(=O)(=O)c2ccccc2)c(C)o1. The topological polar surface area (TPSA) is 79.5 Å². The summed E-state index contributed by atoms with van der Waals surface area (Å²) in [6.45, 7) is 3.74. The highest BCUT2D eigenvalue weighted by molar-refractivity contribution is 7.89. The van der Waals surface area contributed by atoms with Crippen LogP contribution in [0.2, 0.25) is 0 Å². The average molecular weight is 309 g/mol. The minimum absolute atomic E-state index is 0.155. The van der Waals surface area contributed by atoms with Crippen LogP contribution < -0.4 is 4.72 Å². The lowest BCUT2D eigenvalue weighted by atomic mass is 10.1. The standard InChI is InChI=1S/C15H19NO4S/c1-11-10-14(12(2)20-11)15(17)8-9-16-21(18,19)13-6-4-3-5-7-13/h3-7,10,15-17H,8-9H2,1-2H3. The molecule has 0 aliphatic heterocycles. The number of nitrogens with one attached hydrogen (secondary N) is 1. The number of aliphatic hydroxyl groups excluding tert-OH is 1. The highest BCUT2D eigenvalue weighted by Gasteiger charge is 2.17. The molecule has 21 heavy (non-hydrogen) atoms. The highest BCUT2D eigenvalue weighted by Crippen LogP contribution is 2.23. The third-order valence-electron chi connectivity index (χ3n) is 3.20. The molecule has 0 saturated carbocycles. The quantitative estimate of drug-likeness (QED) is 0.858. The number of aliphatic hydroxyl groups is 1. The largest absolute Gasteiger partial charge is 0.466 e. The molecule has 0 amide bonds. The Morgan fingerprint density at radius 3 is 2.48 bits per heavy atom. The molecule has 2 rings (SSSR count). The molecule has 1 atom stereocenters. The van der Waals surface area contributed by atoms with Gasteiger partial charge in [0.25, 0.3) is 0 Å². The molecule has 0 aliphatic rings. The minimum atomic E-state index is -3.53. The monoisotopic (exact) mass is 309 g/mol. The first-order valence-corrected chi connectivity index (χ1v) is 8.18. The molecule has 0 fully saturated rings. The van der Waals surface area contributed by atoms with Crippen molar-refractivity contribution in [3.63, 3.8) is 0 Å². The summed E-state index contributed by atoms with van der Waals surface area (Å²) in [6.07, 6.45) is -0.466. The van der Waals surface area contributed by atoms with Crippen LogP contribution in [0.3, 0.4) is 0 Å². The molecule has 2 N–H and O–H groups in total. The second-order valence-electron chi connectivity index (χ2n) is 4.88. The smallest absolute Gasteiger partial charge is 0.240 e. The van der Waals surface area contributed by atoms with Crippen molar-refractivity contribution >= 4 is 10.0 Å². The van der Waals surface area contributed by atoms with E-state index in [1.165, 1.54) is 12.1 Å². The fourth-order valence-electron chi connectivity index (χ4n) is 2.15. The molecule has 0 spiro atoms. The lowest BCUT2D eigenvalue weighted by Gasteiger charge is -2.11. The summed E-state index contributed by atoms with van der Waals surface area (Å²) in [5.41, 5.74) is 0.700. The molecule has 1 unspecified atom stereocenters. The predicted molar refractivity (Wildman–Crippen MR) is 79.4 cm³/mol. The second kappa shape index (κ2) is 6.43. The van der Waals surface area contributed by atoms with Gasteiger partial charge in [0.1, 0.15) is 11.5 Å². The van der Waals surface area contributed by atoms with Gasteiger partial charge in [0.2, 0.25) is 10.0 Å². The molecule has 0 saturated heterocycles. The minimum Gasteiger partial charge on any atom is -0.466 e. The molecular weight excluding hydrogens is 290 g/mol. The Hall–Kier alpha value is -1.63. The predicted octanol–water partition coefficient (Wildman–Crippen LogP) is 2.30. The van der Waals surface area contributed by atoms with E-state index in [1.54, 1.807) is 38.1 Å². The van der Waals surface area contributed by atoms with Crippen LogP contribution in [0.4, 0.5) is 0 Å². The molecule has 0 aliphatic carbocycles. The van der Waals surface area contributed by atoms with Gasteiger partial charge in [-0.15, -0.1) is 0 Å². The van der Waals surface area contributed by atoms with Gasteiger partial charge in [0.15, 0.2) is 0 Å². The number of benzene rings is 1. The van der Waals surface area contributed by atoms with Gasteiger partial charge in [0.05, 0.1) is 11.0 Å². The molecule has 114 valence electrons. The van der Waals surface area contributed by atoms with Crippen LogP contribution in [0, 0.1) is 13.8 Å². The highest BCUT2D eigenvalue weighted by atomic mass is 32.2. The zero-order chi connectivity index (χ0) is 15.5. The molecule has 0 bridgehead atoms. The van der Waals surface area contributed by atoms with E-state index in [0.717, 1.165) is 5.76 Å². The molecular formula is C15H19NO4S. The van der Waals surface area contributed by atoms with Crippen molar-refractivity contribution in [2.75, 3.05) is 6.54 Å². The summed E-state index contributed by atoms with van der Waals surface area (Å²) in [7, 11) is -3.53. The third-order valence-corrected chi connectivity index (χ3v) is 4.68. The van der Waals surface area contributed by atoms with Crippen molar-refractivity contribution in [3.8, 4) is 0 Å². The van der Waals surface area contributed by atoms with Crippen molar-refractivity contribution in [1.82, 2.24) is 4.72 Å². The number of sulfonamides is 1. The third kappa shape index (κ3) is 3.93. The number of aryl methyl sites for hydroxylation is 2. The van der Waals surface area contributed by atoms with Gasteiger partial charge >= 0.3 is 0 Å². The van der Waals surface area contributed by atoms with E-state index in [4.69, 9.17) is 4.42 Å². The van der Waals surface area contributed by atoms with Crippen LogP contribution in [0.1, 0.15) is 29.6 Å². The normalized spacial score (nSPS) is 13.3. The van der Waals surface area contributed by atoms with Crippen LogP contribution in [-0.2, 0) is 10.0 Å². The number of hydrogen-bond donors (Lipinski definition) is 2. The summed E-state index contributed by atoms with van der Waals surface area (Å²) in [4.78, 5) is 0.217. The first-order valence-electron chi connectivity index (χ1n) is 6.70. The number of furan rings is 1.